The first-order chi connectivity index (χ1) is 18.2. The topological polar surface area (TPSA) is 71.0 Å². The highest BCUT2D eigenvalue weighted by Gasteiger charge is 2.20. The number of nitrogens with zero attached hydrogens (tertiary/aromatic N) is 4. The Hall–Kier alpha value is -4.58. The molecule has 1 N–H and O–H groups in total. The Labute approximate surface area is 216 Å². The van der Waals surface area contributed by atoms with E-state index in [-0.39, 0.29) is 5.91 Å². The molecule has 1 saturated heterocycles. The maximum atomic E-state index is 12.0. The second kappa shape index (κ2) is 10.2. The van der Waals surface area contributed by atoms with E-state index >= 15 is 0 Å². The number of hydrogen-bond donors (Lipinski definition) is 1. The van der Waals surface area contributed by atoms with Gasteiger partial charge in [0.25, 0.3) is 0 Å². The van der Waals surface area contributed by atoms with E-state index in [4.69, 9.17) is 9.97 Å². The van der Waals surface area contributed by atoms with Crippen LogP contribution >= 0.6 is 0 Å². The van der Waals surface area contributed by atoms with E-state index in [1.807, 2.05) is 41.3 Å². The maximum absolute atomic E-state index is 12.0. The number of benzene rings is 3. The number of hydrogen-bond acceptors (Lipinski definition) is 5. The molecule has 3 heterocycles. The molecule has 0 atom stereocenters. The van der Waals surface area contributed by atoms with Crippen LogP contribution in [0.25, 0.3) is 33.4 Å². The van der Waals surface area contributed by atoms with Crippen molar-refractivity contribution in [3.8, 4) is 22.5 Å². The number of carbonyl (C=O) groups excluding carboxylic acids is 1. The molecular formula is C31H27N5O. The minimum atomic E-state index is 0.254. The van der Waals surface area contributed by atoms with E-state index < -0.39 is 0 Å². The first-order valence-electron chi connectivity index (χ1n) is 12.6. The van der Waals surface area contributed by atoms with Gasteiger partial charge in [-0.2, -0.15) is 0 Å². The third kappa shape index (κ3) is 4.91. The van der Waals surface area contributed by atoms with Crippen LogP contribution in [0.1, 0.15) is 24.0 Å². The summed E-state index contributed by atoms with van der Waals surface area (Å²) >= 11 is 0. The van der Waals surface area contributed by atoms with Crippen LogP contribution in [0, 0.1) is 0 Å². The number of aromatic nitrogens is 3. The minimum absolute atomic E-state index is 0.254. The third-order valence-corrected chi connectivity index (χ3v) is 6.82. The van der Waals surface area contributed by atoms with Gasteiger partial charge in [-0.05, 0) is 52.9 Å². The number of fused-ring (bicyclic) bond motifs is 1. The van der Waals surface area contributed by atoms with Gasteiger partial charge in [0.1, 0.15) is 5.82 Å². The average Bonchev–Trinajstić information content (AvgIpc) is 3.36. The van der Waals surface area contributed by atoms with Crippen molar-refractivity contribution < 1.29 is 4.79 Å². The van der Waals surface area contributed by atoms with E-state index in [0.717, 1.165) is 46.4 Å². The summed E-state index contributed by atoms with van der Waals surface area (Å²) in [5.41, 5.74) is 6.49. The van der Waals surface area contributed by atoms with Gasteiger partial charge in [0.05, 0.1) is 5.52 Å². The van der Waals surface area contributed by atoms with Crippen LogP contribution in [0.4, 0.5) is 5.82 Å². The summed E-state index contributed by atoms with van der Waals surface area (Å²) in [7, 11) is 0. The predicted octanol–water partition coefficient (Wildman–Crippen LogP) is 6.09. The van der Waals surface area contributed by atoms with E-state index in [0.29, 0.717) is 25.3 Å². The molecule has 5 aromatic rings. The van der Waals surface area contributed by atoms with Crippen LogP contribution in [0.3, 0.4) is 0 Å². The molecule has 6 nitrogen and oxygen atoms in total. The Morgan fingerprint density at radius 2 is 1.59 bits per heavy atom. The lowest BCUT2D eigenvalue weighted by Crippen LogP contribution is -2.23. The van der Waals surface area contributed by atoms with Crippen LogP contribution in [0.2, 0.25) is 0 Å². The summed E-state index contributed by atoms with van der Waals surface area (Å²) in [5, 5.41) is 4.56. The molecule has 0 spiro atoms. The predicted molar refractivity (Wildman–Crippen MR) is 147 cm³/mol. The van der Waals surface area contributed by atoms with Crippen molar-refractivity contribution in [3.05, 3.63) is 108 Å². The summed E-state index contributed by atoms with van der Waals surface area (Å²) in [4.78, 5) is 27.7. The van der Waals surface area contributed by atoms with E-state index in [2.05, 4.69) is 58.8 Å². The Morgan fingerprint density at radius 3 is 2.41 bits per heavy atom. The first kappa shape index (κ1) is 22.9. The number of rotatable bonds is 7. The Morgan fingerprint density at radius 1 is 0.811 bits per heavy atom. The van der Waals surface area contributed by atoms with E-state index in [1.54, 1.807) is 12.4 Å². The quantitative estimate of drug-likeness (QED) is 0.302. The summed E-state index contributed by atoms with van der Waals surface area (Å²) in [6.45, 7) is 2.16. The first-order valence-corrected chi connectivity index (χ1v) is 12.6. The van der Waals surface area contributed by atoms with Crippen molar-refractivity contribution in [1.82, 2.24) is 19.9 Å². The molecular weight excluding hydrogens is 458 g/mol. The number of pyridine rings is 1. The second-order valence-corrected chi connectivity index (χ2v) is 9.28. The molecule has 1 fully saturated rings. The van der Waals surface area contributed by atoms with Gasteiger partial charge in [-0.15, -0.1) is 0 Å². The molecule has 6 heteroatoms. The molecule has 3 aromatic carbocycles. The maximum Gasteiger partial charge on any atom is 0.222 e. The molecule has 1 aliphatic rings. The number of amides is 1. The van der Waals surface area contributed by atoms with Gasteiger partial charge in [0.2, 0.25) is 5.91 Å². The monoisotopic (exact) mass is 485 g/mol. The molecule has 182 valence electrons. The van der Waals surface area contributed by atoms with Crippen molar-refractivity contribution in [2.24, 2.45) is 0 Å². The van der Waals surface area contributed by atoms with Crippen LogP contribution in [-0.4, -0.2) is 32.3 Å². The number of likely N-dealkylation sites (tertiary alicyclic amines) is 1. The number of nitrogens with one attached hydrogen (secondary N) is 1. The standard InChI is InChI=1S/C31H27N5O/c37-29-10-5-19-36(29)21-22-11-13-23(14-12-22)26-7-2-1-6-25(26)20-33-31-27-8-3-4-9-28(27)34-30(35-31)24-15-17-32-18-16-24/h1-4,6-9,11-18H,5,10,19-21H2,(H,33,34,35). The lowest BCUT2D eigenvalue weighted by molar-refractivity contribution is -0.128. The Bertz CT molecular complexity index is 1550. The van der Waals surface area contributed by atoms with Gasteiger partial charge in [-0.3, -0.25) is 9.78 Å². The van der Waals surface area contributed by atoms with Crippen LogP contribution < -0.4 is 5.32 Å². The fraction of sp³-hybridized carbons (Fsp3) is 0.161. The zero-order valence-corrected chi connectivity index (χ0v) is 20.5. The van der Waals surface area contributed by atoms with Crippen molar-refractivity contribution in [2.75, 3.05) is 11.9 Å². The van der Waals surface area contributed by atoms with Crippen molar-refractivity contribution in [3.63, 3.8) is 0 Å². The van der Waals surface area contributed by atoms with Crippen molar-refractivity contribution >= 4 is 22.6 Å². The summed E-state index contributed by atoms with van der Waals surface area (Å²) in [6, 6.07) is 28.9. The van der Waals surface area contributed by atoms with Gasteiger partial charge in [-0.1, -0.05) is 60.7 Å². The summed E-state index contributed by atoms with van der Waals surface area (Å²) < 4.78 is 0. The lowest BCUT2D eigenvalue weighted by Gasteiger charge is -2.16. The second-order valence-electron chi connectivity index (χ2n) is 9.28. The molecule has 0 unspecified atom stereocenters. The lowest BCUT2D eigenvalue weighted by atomic mass is 9.98. The fourth-order valence-corrected chi connectivity index (χ4v) is 4.86. The zero-order valence-electron chi connectivity index (χ0n) is 20.5. The van der Waals surface area contributed by atoms with Gasteiger partial charge in [0, 0.05) is 49.4 Å². The smallest absolute Gasteiger partial charge is 0.222 e. The Balaban J connectivity index is 1.26. The normalized spacial score (nSPS) is 13.3. The number of para-hydroxylation sites is 1. The summed E-state index contributed by atoms with van der Waals surface area (Å²) in [5.74, 6) is 1.73. The van der Waals surface area contributed by atoms with E-state index in [1.165, 1.54) is 11.1 Å². The van der Waals surface area contributed by atoms with Gasteiger partial charge in [-0.25, -0.2) is 9.97 Å². The van der Waals surface area contributed by atoms with E-state index in [9.17, 15) is 4.79 Å². The highest BCUT2D eigenvalue weighted by atomic mass is 16.2. The average molecular weight is 486 g/mol. The fourth-order valence-electron chi connectivity index (χ4n) is 4.86. The zero-order chi connectivity index (χ0) is 25.0. The molecule has 37 heavy (non-hydrogen) atoms. The molecule has 6 rings (SSSR count). The van der Waals surface area contributed by atoms with Gasteiger partial charge < -0.3 is 10.2 Å². The number of carbonyl (C=O) groups is 1. The third-order valence-electron chi connectivity index (χ3n) is 6.82. The van der Waals surface area contributed by atoms with Crippen LogP contribution in [-0.2, 0) is 17.9 Å². The van der Waals surface area contributed by atoms with Crippen LogP contribution in [0.5, 0.6) is 0 Å². The molecule has 1 amide bonds. The number of anilines is 1. The molecule has 2 aromatic heterocycles. The SMILES string of the molecule is O=C1CCCN1Cc1ccc(-c2ccccc2CNc2nc(-c3ccncc3)nc3ccccc23)cc1. The molecule has 0 bridgehead atoms. The van der Waals surface area contributed by atoms with Crippen molar-refractivity contribution in [2.45, 2.75) is 25.9 Å². The molecule has 1 aliphatic heterocycles. The van der Waals surface area contributed by atoms with Crippen LogP contribution in [0.15, 0.2) is 97.3 Å². The Kier molecular flexibility index (Phi) is 6.29. The highest BCUT2D eigenvalue weighted by molar-refractivity contribution is 5.90. The van der Waals surface area contributed by atoms with Gasteiger partial charge in [0.15, 0.2) is 5.82 Å². The molecule has 0 saturated carbocycles. The van der Waals surface area contributed by atoms with Crippen molar-refractivity contribution in [1.29, 1.82) is 0 Å². The molecule has 0 radical (unpaired) electrons. The molecule has 0 aliphatic carbocycles. The summed E-state index contributed by atoms with van der Waals surface area (Å²) in [6.07, 6.45) is 5.14. The minimum Gasteiger partial charge on any atom is -0.365 e. The largest absolute Gasteiger partial charge is 0.365 e. The van der Waals surface area contributed by atoms with Gasteiger partial charge >= 0.3 is 0 Å². The highest BCUT2D eigenvalue weighted by Crippen LogP contribution is 2.28.